The Balaban J connectivity index is 0.000000123. The lowest BCUT2D eigenvalue weighted by atomic mass is 9.95. The van der Waals surface area contributed by atoms with Crippen molar-refractivity contribution in [1.82, 2.24) is 72.7 Å². The molecule has 19 rings (SSSR count). The van der Waals surface area contributed by atoms with Crippen LogP contribution in [0.1, 0.15) is 56.1 Å². The molecule has 3 aliphatic heterocycles. The van der Waals surface area contributed by atoms with Crippen molar-refractivity contribution >= 4 is 132 Å². The second-order valence-corrected chi connectivity index (χ2v) is 28.6. The number of ether oxygens (including phenoxy) is 6. The maximum absolute atomic E-state index is 13.8. The van der Waals surface area contributed by atoms with Crippen molar-refractivity contribution in [2.24, 2.45) is 40.2 Å². The molecule has 622 valence electrons. The fraction of sp³-hybridized carbons (Fsp3) is 0.282. The minimum absolute atomic E-state index is 0. The van der Waals surface area contributed by atoms with Crippen LogP contribution >= 0.6 is 13.5 Å². The molecule has 0 unspecified atom stereocenters. The van der Waals surface area contributed by atoms with Crippen molar-refractivity contribution in [3.05, 3.63) is 218 Å². The standard InChI is InChI=1S/C19H21FN4O2.C18H19FN4O2.C17H17FN4O2.C16H15F3N4O.C15H13N5.H2S/c1-24-9-8-16-18(24)19(22-11-21-16)23-15-7-2-12(20)10-17(15)26-14-5-3-13(25)4-6-14;1-23-7-4-15-17(23)18(21-11-20-15)22-14-3-2-12(19)10-16(14)25-13-5-8-24-9-6-13;1-22-6-4-14-16(22)17(20-10-19-14)21-13-3-2-11(18)8-15(13)24-12-5-7-23-9-12;1-23-5-4-13-15(23)16(21-9-20-13)22-12-3-2-10(19)6-14(12)24-11(7-17)8-18;1-20-5-4-13-14(20)15(18-9-17-13)19-12-3-2-10-7-16-8-11(10)6-12;/h2,7-11,13-14,25H,3-6H2,1H3,(H,21,22,23);2-4,7,10-11,13H,5-6,8-9H2,1H3,(H,20,21,22);2-4,6,8,10,12H,5,7,9H2,1H3,(H,19,20,21);2-6,9,11H,7-8H2,1H3,(H,20,21,22);2-6,8-9H,7H2,1H3,(H,17,18,19);1H2/t;;12-;;;/m..0.../s1. The van der Waals surface area contributed by atoms with E-state index in [9.17, 15) is 31.4 Å². The van der Waals surface area contributed by atoms with Crippen molar-refractivity contribution < 1.29 is 59.9 Å². The average Bonchev–Trinajstić information content (AvgIpc) is 1.58. The molecule has 35 heteroatoms. The Kier molecular flexibility index (Phi) is 26.8. The first-order valence-corrected chi connectivity index (χ1v) is 38.5. The maximum Gasteiger partial charge on any atom is 0.158 e. The molecule has 13 heterocycles. The van der Waals surface area contributed by atoms with Gasteiger partial charge in [-0.2, -0.15) is 13.5 Å². The Hall–Kier alpha value is -13.1. The summed E-state index contributed by atoms with van der Waals surface area (Å²) < 4.78 is 124. The SMILES string of the molecule is Cn1ccc2ncnc(Nc3ccc(F)cc3OC(CF)CF)c21.Cn1ccc2ncnc(Nc3ccc(F)cc3OC3CCC(O)CC3)c21.Cn1ccc2ncnc(Nc3ccc(F)cc3OC3CCOCC3)c21.Cn1ccc2ncnc(Nc3ccc(F)cc3O[C@H]3CCOC3)c21.Cn1ccc2ncnc(Nc3ccc4c(c3)C=NC4)c21.S. The number of aliphatic hydroxyl groups is 1. The number of aliphatic hydroxyl groups excluding tert-OH is 1. The monoisotopic (exact) mass is 1660 g/mol. The molecular formula is C85H87F6N21O7S. The van der Waals surface area contributed by atoms with Crippen LogP contribution in [0.4, 0.5) is 83.9 Å². The van der Waals surface area contributed by atoms with Gasteiger partial charge in [0, 0.05) is 122 Å². The number of anilines is 10. The third-order valence-corrected chi connectivity index (χ3v) is 20.2. The van der Waals surface area contributed by atoms with E-state index < -0.39 is 25.3 Å². The van der Waals surface area contributed by atoms with E-state index in [1.54, 1.807) is 24.5 Å². The van der Waals surface area contributed by atoms with Gasteiger partial charge in [-0.1, -0.05) is 6.07 Å². The summed E-state index contributed by atoms with van der Waals surface area (Å²) in [7, 11) is 9.61. The van der Waals surface area contributed by atoms with E-state index in [4.69, 9.17) is 28.4 Å². The number of hydrogen-bond donors (Lipinski definition) is 6. The van der Waals surface area contributed by atoms with Gasteiger partial charge in [0.15, 0.2) is 35.2 Å². The van der Waals surface area contributed by atoms with Crippen LogP contribution in [-0.2, 0) is 51.3 Å². The molecule has 0 radical (unpaired) electrons. The van der Waals surface area contributed by atoms with Crippen LogP contribution < -0.4 is 45.5 Å². The van der Waals surface area contributed by atoms with E-state index in [0.717, 1.165) is 111 Å². The van der Waals surface area contributed by atoms with Crippen molar-refractivity contribution in [2.45, 2.75) is 82.0 Å². The molecule has 28 nitrogen and oxygen atoms in total. The molecule has 0 spiro atoms. The predicted molar refractivity (Wildman–Crippen MR) is 452 cm³/mol. The third-order valence-electron chi connectivity index (χ3n) is 20.2. The Morgan fingerprint density at radius 2 is 0.742 bits per heavy atom. The summed E-state index contributed by atoms with van der Waals surface area (Å²) in [5.41, 5.74) is 14.3. The lowest BCUT2D eigenvalue weighted by Crippen LogP contribution is -2.26. The van der Waals surface area contributed by atoms with Gasteiger partial charge in [-0.05, 0) is 128 Å². The Labute approximate surface area is 691 Å². The molecule has 2 saturated heterocycles. The maximum atomic E-state index is 13.8. The van der Waals surface area contributed by atoms with Gasteiger partial charge in [0.1, 0.15) is 131 Å². The first-order valence-electron chi connectivity index (χ1n) is 38.5. The zero-order valence-corrected chi connectivity index (χ0v) is 67.0. The number of aryl methyl sites for hydroxylation is 5. The number of rotatable bonds is 20. The van der Waals surface area contributed by atoms with E-state index in [1.807, 2.05) is 126 Å². The van der Waals surface area contributed by atoms with Crippen molar-refractivity contribution in [3.8, 4) is 23.0 Å². The highest BCUT2D eigenvalue weighted by Crippen LogP contribution is 2.39. The second-order valence-electron chi connectivity index (χ2n) is 28.6. The number of fused-ring (bicyclic) bond motifs is 6. The molecule has 0 bridgehead atoms. The molecule has 120 heavy (non-hydrogen) atoms. The van der Waals surface area contributed by atoms with Crippen LogP contribution in [-0.4, -0.2) is 154 Å². The van der Waals surface area contributed by atoms with Crippen LogP contribution in [0.15, 0.2) is 189 Å². The predicted octanol–water partition coefficient (Wildman–Crippen LogP) is 16.3. The highest BCUT2D eigenvalue weighted by molar-refractivity contribution is 7.59. The van der Waals surface area contributed by atoms with Gasteiger partial charge in [-0.15, -0.1) is 0 Å². The van der Waals surface area contributed by atoms with Crippen LogP contribution in [0.2, 0.25) is 0 Å². The van der Waals surface area contributed by atoms with Gasteiger partial charge < -0.3 is 82.9 Å². The fourth-order valence-electron chi connectivity index (χ4n) is 14.1. The highest BCUT2D eigenvalue weighted by Gasteiger charge is 2.26. The smallest absolute Gasteiger partial charge is 0.158 e. The van der Waals surface area contributed by atoms with Gasteiger partial charge >= 0.3 is 0 Å². The Bertz CT molecular complexity index is 5930. The molecule has 15 aromatic rings. The number of halogens is 6. The van der Waals surface area contributed by atoms with E-state index >= 15 is 0 Å². The van der Waals surface area contributed by atoms with Gasteiger partial charge in [-0.25, -0.2) is 76.2 Å². The zero-order chi connectivity index (χ0) is 82.5. The van der Waals surface area contributed by atoms with Crippen molar-refractivity contribution in [2.75, 3.05) is 66.4 Å². The lowest BCUT2D eigenvalue weighted by Gasteiger charge is -2.27. The summed E-state index contributed by atoms with van der Waals surface area (Å²) in [6.07, 6.45) is 22.7. The third kappa shape index (κ3) is 20.0. The number of nitrogens with zero attached hydrogens (tertiary/aromatic N) is 16. The van der Waals surface area contributed by atoms with Gasteiger partial charge in [0.25, 0.3) is 0 Å². The molecule has 1 saturated carbocycles. The first-order chi connectivity index (χ1) is 57.9. The molecule has 10 aromatic heterocycles. The number of hydrogen-bond acceptors (Lipinski definition) is 23. The Morgan fingerprint density at radius 3 is 1.12 bits per heavy atom. The van der Waals surface area contributed by atoms with Crippen molar-refractivity contribution in [3.63, 3.8) is 0 Å². The molecule has 1 aliphatic carbocycles. The van der Waals surface area contributed by atoms with E-state index in [-0.39, 0.29) is 61.1 Å². The minimum Gasteiger partial charge on any atom is -0.488 e. The summed E-state index contributed by atoms with van der Waals surface area (Å²) >= 11 is 0. The first kappa shape index (κ1) is 83.4. The summed E-state index contributed by atoms with van der Waals surface area (Å²) in [5, 5.41) is 25.8. The number of aromatic nitrogens is 15. The molecular weight excluding hydrogens is 1570 g/mol. The van der Waals surface area contributed by atoms with Crippen LogP contribution in [0.25, 0.3) is 55.2 Å². The van der Waals surface area contributed by atoms with E-state index in [2.05, 4.69) is 99.6 Å². The number of alkyl halides is 2. The molecule has 5 aromatic carbocycles. The van der Waals surface area contributed by atoms with Crippen molar-refractivity contribution in [1.29, 1.82) is 0 Å². The average molecular weight is 1660 g/mol. The molecule has 6 N–H and O–H groups in total. The minimum atomic E-state index is -1.28. The zero-order valence-electron chi connectivity index (χ0n) is 66.0. The van der Waals surface area contributed by atoms with Gasteiger partial charge in [0.2, 0.25) is 0 Å². The van der Waals surface area contributed by atoms with Crippen LogP contribution in [0, 0.1) is 23.3 Å². The largest absolute Gasteiger partial charge is 0.488 e. The fourth-order valence-corrected chi connectivity index (χ4v) is 14.1. The molecule has 1 atom stereocenters. The number of benzene rings is 5. The van der Waals surface area contributed by atoms with Gasteiger partial charge in [0.05, 0.1) is 95.5 Å². The van der Waals surface area contributed by atoms with Crippen LogP contribution in [0.5, 0.6) is 23.0 Å². The number of nitrogens with one attached hydrogen (secondary N) is 5. The van der Waals surface area contributed by atoms with E-state index in [1.165, 1.54) is 85.0 Å². The molecule has 0 amide bonds. The molecule has 3 fully saturated rings. The molecule has 4 aliphatic rings. The highest BCUT2D eigenvalue weighted by atomic mass is 32.1. The summed E-state index contributed by atoms with van der Waals surface area (Å²) in [6, 6.07) is 32.9. The van der Waals surface area contributed by atoms with Gasteiger partial charge in [-0.3, -0.25) is 4.99 Å². The summed E-state index contributed by atoms with van der Waals surface area (Å²) in [6.45, 7) is 1.27. The lowest BCUT2D eigenvalue weighted by molar-refractivity contribution is 0.0257. The van der Waals surface area contributed by atoms with E-state index in [0.29, 0.717) is 103 Å². The van der Waals surface area contributed by atoms with Crippen LogP contribution in [0.3, 0.4) is 0 Å². The normalized spacial score (nSPS) is 15.5. The second kappa shape index (κ2) is 38.5. The number of aliphatic imine (C=N–C) groups is 1. The summed E-state index contributed by atoms with van der Waals surface area (Å²) in [5.74, 6) is 3.01. The Morgan fingerprint density at radius 1 is 0.400 bits per heavy atom. The topological polar surface area (TPSA) is 302 Å². The quantitative estimate of drug-likeness (QED) is 0.0386. The summed E-state index contributed by atoms with van der Waals surface area (Å²) in [4.78, 5) is 47.0.